The number of hydrogen-bond acceptors (Lipinski definition) is 4. The van der Waals surface area contributed by atoms with Gasteiger partial charge in [0.25, 0.3) is 0 Å². The highest BCUT2D eigenvalue weighted by atomic mass is 16.7. The molecule has 0 N–H and O–H groups in total. The van der Waals surface area contributed by atoms with Crippen molar-refractivity contribution in [2.75, 3.05) is 0 Å². The third-order valence-electron chi connectivity index (χ3n) is 4.97. The number of carbonyl (C=O) groups is 1. The van der Waals surface area contributed by atoms with E-state index in [4.69, 9.17) is 14.8 Å². The van der Waals surface area contributed by atoms with Crippen LogP contribution in [0.15, 0.2) is 11.2 Å². The van der Waals surface area contributed by atoms with E-state index in [1.807, 2.05) is 41.5 Å². The Labute approximate surface area is 136 Å². The van der Waals surface area contributed by atoms with Crippen LogP contribution in [0.5, 0.6) is 0 Å². The van der Waals surface area contributed by atoms with Crippen LogP contribution < -0.4 is 5.46 Å². The number of aldehydes is 1. The zero-order valence-electron chi connectivity index (χ0n) is 14.5. The van der Waals surface area contributed by atoms with Gasteiger partial charge in [-0.25, -0.2) is 0 Å². The Bertz CT molecular complexity index is 678. The third-order valence-corrected chi connectivity index (χ3v) is 4.97. The average molecular weight is 315 g/mol. The lowest BCUT2D eigenvalue weighted by Gasteiger charge is -2.32. The molecular weight excluding hydrogens is 293 g/mol. The van der Waals surface area contributed by atoms with Gasteiger partial charge in [0.15, 0.2) is 0 Å². The van der Waals surface area contributed by atoms with Gasteiger partial charge in [0, 0.05) is 10.5 Å². The highest BCUT2D eigenvalue weighted by Crippen LogP contribution is 2.37. The van der Waals surface area contributed by atoms with E-state index >= 15 is 0 Å². The predicted molar refractivity (Wildman–Crippen MR) is 89.9 cm³/mol. The Hall–Kier alpha value is -1.82. The van der Waals surface area contributed by atoms with Crippen LogP contribution in [0.2, 0.25) is 0 Å². The molecule has 7 heteroatoms. The predicted octanol–water partition coefficient (Wildman–Crippen LogP) is 3.23. The van der Waals surface area contributed by atoms with Crippen molar-refractivity contribution in [3.63, 3.8) is 0 Å². The second-order valence-electron chi connectivity index (χ2n) is 6.88. The lowest BCUT2D eigenvalue weighted by Crippen LogP contribution is -2.41. The minimum atomic E-state index is -0.551. The molecular formula is C16H22BN3O3. The second-order valence-corrected chi connectivity index (χ2v) is 6.88. The lowest BCUT2D eigenvalue weighted by atomic mass is 9.71. The highest BCUT2D eigenvalue weighted by Gasteiger charge is 2.52. The summed E-state index contributed by atoms with van der Waals surface area (Å²) in [4.78, 5) is 14.2. The first-order valence-electron chi connectivity index (χ1n) is 7.59. The summed E-state index contributed by atoms with van der Waals surface area (Å²) in [6, 6.07) is 1.76. The molecule has 0 aliphatic carbocycles. The molecule has 2 rings (SSSR count). The maximum absolute atomic E-state index is 11.4. The average Bonchev–Trinajstić information content (AvgIpc) is 2.66. The van der Waals surface area contributed by atoms with Gasteiger partial charge in [-0.1, -0.05) is 5.11 Å². The molecule has 1 fully saturated rings. The topological polar surface area (TPSA) is 84.3 Å². The van der Waals surface area contributed by atoms with E-state index in [9.17, 15) is 4.79 Å². The van der Waals surface area contributed by atoms with Crippen LogP contribution in [0.1, 0.15) is 54.7 Å². The Morgan fingerprint density at radius 3 is 2.26 bits per heavy atom. The summed E-state index contributed by atoms with van der Waals surface area (Å²) in [5.41, 5.74) is 11.6. The summed E-state index contributed by atoms with van der Waals surface area (Å²) in [7, 11) is -0.551. The van der Waals surface area contributed by atoms with E-state index < -0.39 is 18.3 Å². The summed E-state index contributed by atoms with van der Waals surface area (Å²) < 4.78 is 12.3. The van der Waals surface area contributed by atoms with Crippen LogP contribution in [0.4, 0.5) is 0 Å². The van der Waals surface area contributed by atoms with Crippen molar-refractivity contribution in [1.82, 2.24) is 0 Å². The largest absolute Gasteiger partial charge is 0.495 e. The molecule has 0 radical (unpaired) electrons. The van der Waals surface area contributed by atoms with Crippen molar-refractivity contribution in [2.45, 2.75) is 59.3 Å². The van der Waals surface area contributed by atoms with Crippen molar-refractivity contribution < 1.29 is 14.1 Å². The molecule has 1 aromatic rings. The third kappa shape index (κ3) is 3.00. The van der Waals surface area contributed by atoms with E-state index in [0.29, 0.717) is 5.56 Å². The van der Waals surface area contributed by atoms with Gasteiger partial charge in [-0.2, -0.15) is 0 Å². The van der Waals surface area contributed by atoms with Gasteiger partial charge >= 0.3 is 7.12 Å². The Morgan fingerprint density at radius 1 is 1.22 bits per heavy atom. The van der Waals surface area contributed by atoms with Crippen molar-refractivity contribution in [1.29, 1.82) is 0 Å². The summed E-state index contributed by atoms with van der Waals surface area (Å²) in [6.45, 7) is 12.0. The Balaban J connectivity index is 2.58. The summed E-state index contributed by atoms with van der Waals surface area (Å²) in [6.07, 6.45) is 0.809. The summed E-state index contributed by atoms with van der Waals surface area (Å²) >= 11 is 0. The van der Waals surface area contributed by atoms with Gasteiger partial charge in [0.1, 0.15) is 6.29 Å². The van der Waals surface area contributed by atoms with Gasteiger partial charge in [-0.05, 0) is 75.3 Å². The van der Waals surface area contributed by atoms with Crippen LogP contribution in [0.25, 0.3) is 10.4 Å². The lowest BCUT2D eigenvalue weighted by molar-refractivity contribution is 0.00578. The highest BCUT2D eigenvalue weighted by molar-refractivity contribution is 6.63. The molecule has 0 aromatic heterocycles. The van der Waals surface area contributed by atoms with Crippen molar-refractivity contribution >= 4 is 18.9 Å². The Kier molecular flexibility index (Phi) is 4.58. The molecule has 0 spiro atoms. The maximum Gasteiger partial charge on any atom is 0.495 e. The van der Waals surface area contributed by atoms with Gasteiger partial charge < -0.3 is 9.31 Å². The normalized spacial score (nSPS) is 18.6. The molecule has 0 saturated carbocycles. The number of hydrogen-bond donors (Lipinski definition) is 0. The fraction of sp³-hybridized carbons (Fsp3) is 0.562. The summed E-state index contributed by atoms with van der Waals surface area (Å²) in [5.74, 6) is 0. The molecule has 1 aromatic carbocycles. The fourth-order valence-corrected chi connectivity index (χ4v) is 2.72. The molecule has 0 bridgehead atoms. The number of nitrogens with zero attached hydrogens (tertiary/aromatic N) is 3. The van der Waals surface area contributed by atoms with E-state index in [1.165, 1.54) is 0 Å². The molecule has 122 valence electrons. The standard InChI is InChI=1S/C16H22BN3O3/c1-10-12(8-19-20-18)7-13(9-21)11(2)14(10)17-22-15(3,4)16(5,6)23-17/h7,9H,8H2,1-6H3. The van der Waals surface area contributed by atoms with E-state index in [-0.39, 0.29) is 6.54 Å². The molecule has 23 heavy (non-hydrogen) atoms. The number of azide groups is 1. The van der Waals surface area contributed by atoms with Gasteiger partial charge in [-0.3, -0.25) is 4.79 Å². The molecule has 1 heterocycles. The molecule has 1 saturated heterocycles. The van der Waals surface area contributed by atoms with Gasteiger partial charge in [-0.15, -0.1) is 0 Å². The molecule has 1 aliphatic rings. The van der Waals surface area contributed by atoms with Crippen molar-refractivity contribution in [3.05, 3.63) is 38.8 Å². The SMILES string of the molecule is Cc1c(C=O)cc(CN=[N+]=[N-])c(C)c1B1OC(C)(C)C(C)(C)O1. The first-order valence-corrected chi connectivity index (χ1v) is 7.59. The maximum atomic E-state index is 11.4. The van der Waals surface area contributed by atoms with Crippen molar-refractivity contribution in [2.24, 2.45) is 5.11 Å². The molecule has 1 aliphatic heterocycles. The monoisotopic (exact) mass is 315 g/mol. The fourth-order valence-electron chi connectivity index (χ4n) is 2.72. The second kappa shape index (κ2) is 6.00. The minimum Gasteiger partial charge on any atom is -0.399 e. The molecule has 0 unspecified atom stereocenters. The Morgan fingerprint density at radius 2 is 1.78 bits per heavy atom. The van der Waals surface area contributed by atoms with Crippen molar-refractivity contribution in [3.8, 4) is 0 Å². The quantitative estimate of drug-likeness (QED) is 0.281. The zero-order valence-corrected chi connectivity index (χ0v) is 14.5. The number of rotatable bonds is 4. The van der Waals surface area contributed by atoms with Gasteiger partial charge in [0.05, 0.1) is 17.7 Å². The van der Waals surface area contributed by atoms with E-state index in [2.05, 4.69) is 10.0 Å². The first-order chi connectivity index (χ1) is 10.6. The molecule has 0 atom stereocenters. The van der Waals surface area contributed by atoms with E-state index in [0.717, 1.165) is 28.4 Å². The number of carbonyl (C=O) groups excluding carboxylic acids is 1. The molecule has 6 nitrogen and oxygen atoms in total. The zero-order chi connectivity index (χ0) is 17.4. The van der Waals surface area contributed by atoms with Gasteiger partial charge in [0.2, 0.25) is 0 Å². The molecule has 0 amide bonds. The van der Waals surface area contributed by atoms with Crippen LogP contribution in [-0.4, -0.2) is 24.6 Å². The van der Waals surface area contributed by atoms with Crippen LogP contribution in [-0.2, 0) is 15.9 Å². The van der Waals surface area contributed by atoms with Crippen LogP contribution in [0.3, 0.4) is 0 Å². The van der Waals surface area contributed by atoms with E-state index in [1.54, 1.807) is 6.07 Å². The minimum absolute atomic E-state index is 0.190. The smallest absolute Gasteiger partial charge is 0.399 e. The summed E-state index contributed by atoms with van der Waals surface area (Å²) in [5, 5.41) is 3.62. The van der Waals surface area contributed by atoms with Crippen LogP contribution >= 0.6 is 0 Å². The first kappa shape index (κ1) is 17.5. The van der Waals surface area contributed by atoms with Crippen LogP contribution in [0, 0.1) is 13.8 Å². The number of benzene rings is 1.